The molecule has 5 nitrogen and oxygen atoms in total. The highest BCUT2D eigenvalue weighted by molar-refractivity contribution is 7.98. The molecule has 0 bridgehead atoms. The highest BCUT2D eigenvalue weighted by Gasteiger charge is 2.18. The number of ether oxygens (including phenoxy) is 1. The van der Waals surface area contributed by atoms with Crippen LogP contribution in [-0.4, -0.2) is 35.8 Å². The van der Waals surface area contributed by atoms with Gasteiger partial charge in [-0.3, -0.25) is 9.78 Å². The van der Waals surface area contributed by atoms with E-state index in [0.29, 0.717) is 17.8 Å². The van der Waals surface area contributed by atoms with Gasteiger partial charge in [-0.15, -0.1) is 0 Å². The fourth-order valence-electron chi connectivity index (χ4n) is 3.11. The van der Waals surface area contributed by atoms with Crippen LogP contribution in [0.1, 0.15) is 27.2 Å². The van der Waals surface area contributed by atoms with Crippen LogP contribution < -0.4 is 5.32 Å². The van der Waals surface area contributed by atoms with E-state index < -0.39 is 5.97 Å². The highest BCUT2D eigenvalue weighted by Crippen LogP contribution is 2.23. The van der Waals surface area contributed by atoms with Gasteiger partial charge in [-0.25, -0.2) is 4.79 Å². The van der Waals surface area contributed by atoms with Crippen molar-refractivity contribution in [3.05, 3.63) is 77.0 Å². The normalized spacial score (nSPS) is 10.7. The first kappa shape index (κ1) is 20.9. The van der Waals surface area contributed by atoms with Gasteiger partial charge in [-0.05, 0) is 31.0 Å². The molecular weight excluding hydrogens is 384 g/mol. The summed E-state index contributed by atoms with van der Waals surface area (Å²) in [7, 11) is 0. The van der Waals surface area contributed by atoms with Gasteiger partial charge in [0.05, 0.1) is 16.8 Å². The van der Waals surface area contributed by atoms with Crippen LogP contribution in [-0.2, 0) is 15.3 Å². The van der Waals surface area contributed by atoms with Crippen LogP contribution >= 0.6 is 11.8 Å². The third-order valence-corrected chi connectivity index (χ3v) is 5.58. The van der Waals surface area contributed by atoms with Crippen LogP contribution in [0.3, 0.4) is 0 Å². The third kappa shape index (κ3) is 5.57. The zero-order valence-corrected chi connectivity index (χ0v) is 17.4. The quantitative estimate of drug-likeness (QED) is 0.450. The van der Waals surface area contributed by atoms with Crippen molar-refractivity contribution in [1.82, 2.24) is 10.3 Å². The molecule has 150 valence electrons. The monoisotopic (exact) mass is 408 g/mol. The minimum Gasteiger partial charge on any atom is -0.452 e. The van der Waals surface area contributed by atoms with Crippen molar-refractivity contribution in [3.8, 4) is 0 Å². The number of amides is 1. The molecule has 0 spiro atoms. The van der Waals surface area contributed by atoms with E-state index in [9.17, 15) is 9.59 Å². The Bertz CT molecular complexity index is 1010. The second-order valence-corrected chi connectivity index (χ2v) is 7.78. The first-order valence-corrected chi connectivity index (χ1v) is 10.6. The number of carbonyl (C=O) groups excluding carboxylic acids is 2. The molecule has 0 fully saturated rings. The van der Waals surface area contributed by atoms with Crippen LogP contribution in [0.25, 0.3) is 10.9 Å². The van der Waals surface area contributed by atoms with E-state index in [-0.39, 0.29) is 12.5 Å². The number of hydrogen-bond donors (Lipinski definition) is 1. The van der Waals surface area contributed by atoms with Gasteiger partial charge in [-0.1, -0.05) is 48.5 Å². The maximum atomic E-state index is 12.5. The van der Waals surface area contributed by atoms with Gasteiger partial charge in [0.2, 0.25) is 0 Å². The average molecular weight is 409 g/mol. The molecule has 0 atom stereocenters. The molecule has 6 heteroatoms. The van der Waals surface area contributed by atoms with Gasteiger partial charge in [0, 0.05) is 23.4 Å². The summed E-state index contributed by atoms with van der Waals surface area (Å²) < 4.78 is 5.23. The van der Waals surface area contributed by atoms with E-state index in [0.717, 1.165) is 28.0 Å². The largest absolute Gasteiger partial charge is 0.452 e. The average Bonchev–Trinajstić information content (AvgIpc) is 2.73. The fourth-order valence-corrected chi connectivity index (χ4v) is 3.93. The van der Waals surface area contributed by atoms with Crippen LogP contribution in [0.4, 0.5) is 0 Å². The van der Waals surface area contributed by atoms with Crippen LogP contribution in [0.5, 0.6) is 0 Å². The summed E-state index contributed by atoms with van der Waals surface area (Å²) in [5.41, 5.74) is 3.94. The molecular formula is C23H24N2O3S. The van der Waals surface area contributed by atoms with Gasteiger partial charge in [0.1, 0.15) is 0 Å². The van der Waals surface area contributed by atoms with E-state index in [1.807, 2.05) is 49.4 Å². The maximum absolute atomic E-state index is 12.5. The summed E-state index contributed by atoms with van der Waals surface area (Å²) in [6.07, 6.45) is 0. The Labute approximate surface area is 174 Å². The predicted octanol–water partition coefficient (Wildman–Crippen LogP) is 4.06. The minimum atomic E-state index is -0.521. The molecule has 1 heterocycles. The van der Waals surface area contributed by atoms with Crippen molar-refractivity contribution >= 4 is 34.5 Å². The van der Waals surface area contributed by atoms with Crippen LogP contribution in [0, 0.1) is 13.8 Å². The number of nitrogens with zero attached hydrogens (tertiary/aromatic N) is 1. The lowest BCUT2D eigenvalue weighted by Crippen LogP contribution is -2.30. The fraction of sp³-hybridized carbons (Fsp3) is 0.261. The van der Waals surface area contributed by atoms with E-state index in [1.54, 1.807) is 18.7 Å². The molecule has 1 aromatic heterocycles. The van der Waals surface area contributed by atoms with Crippen molar-refractivity contribution in [2.75, 3.05) is 18.9 Å². The number of rotatable bonds is 8. The van der Waals surface area contributed by atoms with Crippen LogP contribution in [0.15, 0.2) is 54.6 Å². The van der Waals surface area contributed by atoms with E-state index >= 15 is 0 Å². The molecule has 1 amide bonds. The number of benzene rings is 2. The van der Waals surface area contributed by atoms with Crippen molar-refractivity contribution in [2.45, 2.75) is 19.6 Å². The smallest absolute Gasteiger partial charge is 0.340 e. The zero-order chi connectivity index (χ0) is 20.6. The summed E-state index contributed by atoms with van der Waals surface area (Å²) in [6, 6.07) is 17.8. The predicted molar refractivity (Wildman–Crippen MR) is 117 cm³/mol. The Hall–Kier alpha value is -2.86. The summed E-state index contributed by atoms with van der Waals surface area (Å²) in [5, 5.41) is 3.69. The number of fused-ring (bicyclic) bond motifs is 1. The number of aromatic nitrogens is 1. The number of nitrogens with one attached hydrogen (secondary N) is 1. The number of esters is 1. The Morgan fingerprint density at radius 1 is 1.03 bits per heavy atom. The molecule has 0 aliphatic carbocycles. The van der Waals surface area contributed by atoms with E-state index in [4.69, 9.17) is 4.74 Å². The summed E-state index contributed by atoms with van der Waals surface area (Å²) in [6.45, 7) is 3.88. The molecule has 3 aromatic rings. The highest BCUT2D eigenvalue weighted by atomic mass is 32.2. The SMILES string of the molecule is Cc1nc2ccccc2c(C)c1C(=O)OCC(=O)NCCSCc1ccccc1. The topological polar surface area (TPSA) is 68.3 Å². The van der Waals surface area contributed by atoms with Crippen LogP contribution in [0.2, 0.25) is 0 Å². The lowest BCUT2D eigenvalue weighted by molar-refractivity contribution is -0.124. The number of para-hydroxylation sites is 1. The van der Waals surface area contributed by atoms with Gasteiger partial charge >= 0.3 is 5.97 Å². The van der Waals surface area contributed by atoms with E-state index in [1.165, 1.54) is 5.56 Å². The molecule has 1 N–H and O–H groups in total. The Morgan fingerprint density at radius 3 is 2.55 bits per heavy atom. The van der Waals surface area contributed by atoms with Gasteiger partial charge < -0.3 is 10.1 Å². The van der Waals surface area contributed by atoms with E-state index in [2.05, 4.69) is 22.4 Å². The Kier molecular flexibility index (Phi) is 7.25. The molecule has 0 radical (unpaired) electrons. The van der Waals surface area contributed by atoms with Crippen molar-refractivity contribution in [2.24, 2.45) is 0 Å². The third-order valence-electron chi connectivity index (χ3n) is 4.55. The molecule has 0 saturated carbocycles. The molecule has 0 aliphatic heterocycles. The second-order valence-electron chi connectivity index (χ2n) is 6.68. The number of pyridine rings is 1. The second kappa shape index (κ2) is 10.1. The molecule has 0 unspecified atom stereocenters. The Balaban J connectivity index is 1.45. The first-order valence-electron chi connectivity index (χ1n) is 9.47. The van der Waals surface area contributed by atoms with Crippen molar-refractivity contribution in [1.29, 1.82) is 0 Å². The standard InChI is InChI=1S/C23H24N2O3S/c1-16-19-10-6-7-11-20(19)25-17(2)22(16)23(27)28-14-21(26)24-12-13-29-15-18-8-4-3-5-9-18/h3-11H,12-15H2,1-2H3,(H,24,26). The summed E-state index contributed by atoms with van der Waals surface area (Å²) in [4.78, 5) is 29.0. The zero-order valence-electron chi connectivity index (χ0n) is 16.6. The summed E-state index contributed by atoms with van der Waals surface area (Å²) >= 11 is 1.74. The Morgan fingerprint density at radius 2 is 1.76 bits per heavy atom. The van der Waals surface area contributed by atoms with Crippen molar-refractivity contribution < 1.29 is 14.3 Å². The number of thioether (sulfide) groups is 1. The maximum Gasteiger partial charge on any atom is 0.340 e. The molecule has 29 heavy (non-hydrogen) atoms. The first-order chi connectivity index (χ1) is 14.1. The minimum absolute atomic E-state index is 0.298. The van der Waals surface area contributed by atoms with Gasteiger partial charge in [-0.2, -0.15) is 11.8 Å². The lowest BCUT2D eigenvalue weighted by atomic mass is 10.0. The van der Waals surface area contributed by atoms with Gasteiger partial charge in [0.25, 0.3) is 5.91 Å². The molecule has 0 aliphatic rings. The number of aryl methyl sites for hydroxylation is 2. The molecule has 3 rings (SSSR count). The van der Waals surface area contributed by atoms with Gasteiger partial charge in [0.15, 0.2) is 6.61 Å². The molecule has 0 saturated heterocycles. The number of carbonyl (C=O) groups is 2. The molecule has 2 aromatic carbocycles. The lowest BCUT2D eigenvalue weighted by Gasteiger charge is -2.12. The summed E-state index contributed by atoms with van der Waals surface area (Å²) in [5.74, 6) is 0.871. The van der Waals surface area contributed by atoms with Crippen molar-refractivity contribution in [3.63, 3.8) is 0 Å². The number of hydrogen-bond acceptors (Lipinski definition) is 5.